The first-order chi connectivity index (χ1) is 12.6. The third kappa shape index (κ3) is 3.59. The Hall–Kier alpha value is -1.37. The second-order valence-corrected chi connectivity index (χ2v) is 6.26. The highest BCUT2D eigenvalue weighted by Gasteiger charge is 2.11. The Labute approximate surface area is 131 Å². The number of benzene rings is 1. The van der Waals surface area contributed by atoms with Gasteiger partial charge in [0.2, 0.25) is 10.0 Å². The van der Waals surface area contributed by atoms with Crippen molar-refractivity contribution in [3.05, 3.63) is 35.5 Å². The summed E-state index contributed by atoms with van der Waals surface area (Å²) in [6.45, 7) is -5.89. The molecule has 0 aliphatic rings. The highest BCUT2D eigenvalue weighted by atomic mass is 32.2. The molecule has 1 heterocycles. The number of aromatic nitrogens is 1. The van der Waals surface area contributed by atoms with Crippen molar-refractivity contribution >= 4 is 20.9 Å². The predicted octanol–water partition coefficient (Wildman–Crippen LogP) is 1.32. The Balaban J connectivity index is 2.36. The summed E-state index contributed by atoms with van der Waals surface area (Å²) in [7, 11) is -2.69. The number of hydrogen-bond donors (Lipinski definition) is 2. The quantitative estimate of drug-likeness (QED) is 0.846. The molecule has 6 heteroatoms. The lowest BCUT2D eigenvalue weighted by molar-refractivity contribution is 0.414. The van der Waals surface area contributed by atoms with Gasteiger partial charge >= 0.3 is 0 Å². The highest BCUT2D eigenvalue weighted by molar-refractivity contribution is 7.88. The van der Waals surface area contributed by atoms with E-state index in [4.69, 9.17) is 11.0 Å². The number of nitrogens with zero attached hydrogens (tertiary/aromatic N) is 1. The lowest BCUT2D eigenvalue weighted by Crippen LogP contribution is -2.20. The molecule has 0 radical (unpaired) electrons. The van der Waals surface area contributed by atoms with Crippen LogP contribution in [0.3, 0.4) is 0 Å². The number of nitrogens with one attached hydrogen (secondary N) is 2. The van der Waals surface area contributed by atoms with Crippen LogP contribution in [-0.4, -0.2) is 45.8 Å². The smallest absolute Gasteiger partial charge is 0.215 e. The number of rotatable bonds is 6. The van der Waals surface area contributed by atoms with E-state index in [1.165, 1.54) is 12.3 Å². The van der Waals surface area contributed by atoms with Gasteiger partial charge in [0.15, 0.2) is 1.41 Å². The van der Waals surface area contributed by atoms with Crippen LogP contribution in [-0.2, 0) is 22.2 Å². The molecule has 0 saturated carbocycles. The SMILES string of the molecule is [2H]N(C)S(=O)(=O)Cc1ccc2c(c1)c(CCN(C([2H])([2H])[2H])C([2H])([2H])[2H])cn2[2H]. The van der Waals surface area contributed by atoms with Crippen LogP contribution < -0.4 is 4.72 Å². The van der Waals surface area contributed by atoms with Crippen molar-refractivity contribution in [3.63, 3.8) is 0 Å². The van der Waals surface area contributed by atoms with Gasteiger partial charge in [-0.15, -0.1) is 0 Å². The maximum atomic E-state index is 11.9. The first-order valence-electron chi connectivity index (χ1n) is 9.88. The van der Waals surface area contributed by atoms with Gasteiger partial charge in [0.05, 0.1) is 5.75 Å². The van der Waals surface area contributed by atoms with Gasteiger partial charge in [-0.25, -0.2) is 13.1 Å². The molecule has 0 aliphatic carbocycles. The molecule has 0 saturated heterocycles. The van der Waals surface area contributed by atoms with Crippen LogP contribution in [0, 0.1) is 0 Å². The van der Waals surface area contributed by atoms with Crippen LogP contribution >= 0.6 is 0 Å². The van der Waals surface area contributed by atoms with Crippen molar-refractivity contribution < 1.29 is 19.5 Å². The van der Waals surface area contributed by atoms with E-state index in [0.717, 1.165) is 12.0 Å². The molecule has 0 amide bonds. The first-order valence-corrected chi connectivity index (χ1v) is 7.59. The largest absolute Gasteiger partial charge is 0.361 e. The summed E-state index contributed by atoms with van der Waals surface area (Å²) in [5, 5.41) is 0.534. The molecule has 0 spiro atoms. The van der Waals surface area contributed by atoms with Crippen molar-refractivity contribution in [2.75, 3.05) is 27.5 Å². The van der Waals surface area contributed by atoms with Gasteiger partial charge in [0.1, 0.15) is 1.41 Å². The molecular formula is C14H21N3O2S. The maximum absolute atomic E-state index is 11.9. The summed E-state index contributed by atoms with van der Waals surface area (Å²) in [5.74, 6) is -0.401. The third-order valence-electron chi connectivity index (χ3n) is 3.00. The normalized spacial score (nSPS) is 19.8. The van der Waals surface area contributed by atoms with Gasteiger partial charge in [0, 0.05) is 31.9 Å². The topological polar surface area (TPSA) is 65.2 Å². The minimum Gasteiger partial charge on any atom is -0.361 e. The van der Waals surface area contributed by atoms with E-state index >= 15 is 0 Å². The third-order valence-corrected chi connectivity index (χ3v) is 4.25. The molecule has 0 bridgehead atoms. The average Bonchev–Trinajstić information content (AvgIpc) is 2.80. The van der Waals surface area contributed by atoms with Gasteiger partial charge < -0.3 is 9.88 Å². The minimum absolute atomic E-state index is 0.0493. The van der Waals surface area contributed by atoms with Gasteiger partial charge in [-0.3, -0.25) is 0 Å². The molecular weight excluding hydrogens is 274 g/mol. The molecule has 0 fully saturated rings. The number of sulfonamides is 1. The maximum Gasteiger partial charge on any atom is 0.215 e. The summed E-state index contributed by atoms with van der Waals surface area (Å²) in [4.78, 5) is 1.51. The molecule has 2 aromatic rings. The molecule has 1 aromatic heterocycles. The lowest BCUT2D eigenvalue weighted by atomic mass is 10.1. The first kappa shape index (κ1) is 7.59. The van der Waals surface area contributed by atoms with Crippen molar-refractivity contribution in [1.82, 2.24) is 14.6 Å². The standard InChI is InChI=1S/C14H21N3O2S/c1-15-20(18,19)10-11-4-5-14-13(8-11)12(9-16-14)6-7-17(2)3/h4-5,8-9,15-16H,6-7,10H2,1-3H3/i2D3,3D3/hD2. The molecule has 2 N–H and O–H groups in total. The Bertz CT molecular complexity index is 936. The zero-order chi connectivity index (χ0) is 21.5. The fourth-order valence-electron chi connectivity index (χ4n) is 1.97. The number of hydrogen-bond acceptors (Lipinski definition) is 3. The number of H-pyrrole nitrogens is 1. The molecule has 20 heavy (non-hydrogen) atoms. The summed E-state index contributed by atoms with van der Waals surface area (Å²) in [6, 6.07) is 4.66. The van der Waals surface area contributed by atoms with Gasteiger partial charge in [0.25, 0.3) is 0 Å². The molecule has 0 aliphatic heterocycles. The van der Waals surface area contributed by atoms with Gasteiger partial charge in [-0.2, -0.15) is 0 Å². The minimum atomic E-state index is -3.80. The van der Waals surface area contributed by atoms with Crippen LogP contribution in [0.4, 0.5) is 0 Å². The van der Waals surface area contributed by atoms with Crippen LogP contribution in [0.5, 0.6) is 0 Å². The number of fused-ring (bicyclic) bond motifs is 1. The van der Waals surface area contributed by atoms with E-state index in [2.05, 4.69) is 0 Å². The molecule has 2 rings (SSSR count). The predicted molar refractivity (Wildman–Crippen MR) is 82.2 cm³/mol. The van der Waals surface area contributed by atoms with Crippen LogP contribution in [0.15, 0.2) is 24.4 Å². The Morgan fingerprint density at radius 3 is 3.00 bits per heavy atom. The molecule has 0 unspecified atom stereocenters. The zero-order valence-electron chi connectivity index (χ0n) is 19.0. The number of aromatic amines is 1. The van der Waals surface area contributed by atoms with Crippen molar-refractivity contribution in [1.29, 1.82) is 0 Å². The van der Waals surface area contributed by atoms with Crippen LogP contribution in [0.25, 0.3) is 10.9 Å². The Morgan fingerprint density at radius 1 is 1.50 bits per heavy atom. The van der Waals surface area contributed by atoms with E-state index in [1.807, 2.05) is 0 Å². The van der Waals surface area contributed by atoms with Gasteiger partial charge in [-0.05, 0) is 50.7 Å². The average molecular weight is 303 g/mol. The summed E-state index contributed by atoms with van der Waals surface area (Å²) >= 11 is 0. The fraction of sp³-hybridized carbons (Fsp3) is 0.429. The second-order valence-electron chi connectivity index (χ2n) is 4.45. The fourth-order valence-corrected chi connectivity index (χ4v) is 2.70. The molecule has 1 aromatic carbocycles. The lowest BCUT2D eigenvalue weighted by Gasteiger charge is -2.08. The molecule has 110 valence electrons. The summed E-state index contributed by atoms with van der Waals surface area (Å²) < 4.78 is 84.0. The van der Waals surface area contributed by atoms with E-state index in [1.54, 1.807) is 12.1 Å². The second kappa shape index (κ2) is 5.95. The molecule has 0 atom stereocenters. The number of likely N-dealkylation sites (N-methyl/N-ethyl adjacent to an activating group) is 1. The summed E-state index contributed by atoms with van der Waals surface area (Å²) in [5.41, 5.74) is 1.41. The van der Waals surface area contributed by atoms with Crippen molar-refractivity contribution in [2.45, 2.75) is 12.2 Å². The highest BCUT2D eigenvalue weighted by Crippen LogP contribution is 2.21. The Morgan fingerprint density at radius 2 is 2.30 bits per heavy atom. The van der Waals surface area contributed by atoms with Crippen LogP contribution in [0.2, 0.25) is 2.82 Å². The Kier molecular flexibility index (Phi) is 2.26. The van der Waals surface area contributed by atoms with Gasteiger partial charge in [-0.1, -0.05) is 6.07 Å². The summed E-state index contributed by atoms with van der Waals surface area (Å²) in [6.07, 6.45) is 1.49. The van der Waals surface area contributed by atoms with Crippen molar-refractivity contribution in [3.8, 4) is 0 Å². The zero-order valence-corrected chi connectivity index (χ0v) is 11.8. The van der Waals surface area contributed by atoms with Crippen LogP contribution in [0.1, 0.15) is 19.4 Å². The van der Waals surface area contributed by atoms with Crippen molar-refractivity contribution in [2.24, 2.45) is 0 Å². The van der Waals surface area contributed by atoms with E-state index in [0.29, 0.717) is 31.6 Å². The van der Waals surface area contributed by atoms with E-state index < -0.39 is 29.7 Å². The molecule has 5 nitrogen and oxygen atoms in total. The van der Waals surface area contributed by atoms with E-state index in [9.17, 15) is 8.42 Å². The van der Waals surface area contributed by atoms with E-state index in [-0.39, 0.29) is 13.0 Å². The monoisotopic (exact) mass is 303 g/mol.